The van der Waals surface area contributed by atoms with E-state index in [2.05, 4.69) is 29.2 Å². The molecule has 1 aliphatic rings. The quantitative estimate of drug-likeness (QED) is 0.595. The van der Waals surface area contributed by atoms with Gasteiger partial charge in [0.25, 0.3) is 0 Å². The zero-order valence-corrected chi connectivity index (χ0v) is 18.0. The minimum Gasteiger partial charge on any atom is -0.480 e. The molecule has 1 saturated heterocycles. The summed E-state index contributed by atoms with van der Waals surface area (Å²) in [7, 11) is 1.85. The van der Waals surface area contributed by atoms with Crippen LogP contribution in [0.4, 0.5) is 0 Å². The van der Waals surface area contributed by atoms with E-state index in [1.807, 2.05) is 40.9 Å². The fraction of sp³-hybridized carbons (Fsp3) is 0.280. The van der Waals surface area contributed by atoms with E-state index in [1.54, 1.807) is 18.2 Å². The lowest BCUT2D eigenvalue weighted by Gasteiger charge is -2.37. The van der Waals surface area contributed by atoms with Crippen molar-refractivity contribution in [1.82, 2.24) is 14.4 Å². The van der Waals surface area contributed by atoms with Crippen LogP contribution in [0.5, 0.6) is 0 Å². The Labute approximate surface area is 186 Å². The number of fused-ring (bicyclic) bond motifs is 1. The minimum absolute atomic E-state index is 0.157. The molecule has 1 aliphatic heterocycles. The number of aliphatic carboxylic acids is 1. The molecule has 0 spiro atoms. The van der Waals surface area contributed by atoms with Gasteiger partial charge in [0.15, 0.2) is 0 Å². The number of hydrogen-bond acceptors (Lipinski definition) is 4. The first-order chi connectivity index (χ1) is 15.4. The van der Waals surface area contributed by atoms with Crippen molar-refractivity contribution in [2.24, 2.45) is 7.05 Å². The van der Waals surface area contributed by atoms with Gasteiger partial charge in [0.1, 0.15) is 6.04 Å². The largest absolute Gasteiger partial charge is 0.480 e. The van der Waals surface area contributed by atoms with E-state index in [4.69, 9.17) is 0 Å². The van der Waals surface area contributed by atoms with E-state index in [0.717, 1.165) is 30.7 Å². The van der Waals surface area contributed by atoms with Crippen LogP contribution < -0.4 is 0 Å². The summed E-state index contributed by atoms with van der Waals surface area (Å²) in [5, 5.41) is 20.1. The van der Waals surface area contributed by atoms with E-state index in [9.17, 15) is 19.8 Å². The predicted molar refractivity (Wildman–Crippen MR) is 124 cm³/mol. The molecule has 1 unspecified atom stereocenters. The molecule has 2 heterocycles. The van der Waals surface area contributed by atoms with Crippen LogP contribution >= 0.6 is 0 Å². The standard InChI is InChI=1S/C25H27N3O4/c1-26-17-21(20-16-19(24(29)30)9-10-22(20)26)23(25(31)32)28-14-12-27(13-15-28)11-5-8-18-6-3-2-4-7-18/h2-10,16-17,23H,11-15H2,1H3,(H,29,30)(H,31,32)/b8-5+. The second-order valence-corrected chi connectivity index (χ2v) is 8.12. The molecule has 0 aliphatic carbocycles. The van der Waals surface area contributed by atoms with Crippen molar-refractivity contribution < 1.29 is 19.8 Å². The number of rotatable bonds is 7. The highest BCUT2D eigenvalue weighted by Crippen LogP contribution is 2.31. The van der Waals surface area contributed by atoms with Crippen molar-refractivity contribution in [3.8, 4) is 0 Å². The maximum Gasteiger partial charge on any atom is 0.335 e. The number of benzene rings is 2. The minimum atomic E-state index is -1.02. The van der Waals surface area contributed by atoms with E-state index in [0.29, 0.717) is 24.0 Å². The van der Waals surface area contributed by atoms with Gasteiger partial charge in [-0.25, -0.2) is 4.79 Å². The summed E-state index contributed by atoms with van der Waals surface area (Å²) in [6.07, 6.45) is 6.05. The van der Waals surface area contributed by atoms with Crippen LogP contribution in [-0.4, -0.2) is 69.2 Å². The molecule has 2 N–H and O–H groups in total. The molecule has 32 heavy (non-hydrogen) atoms. The first kappa shape index (κ1) is 21.8. The number of carbonyl (C=O) groups is 2. The maximum absolute atomic E-state index is 12.3. The average Bonchev–Trinajstić information content (AvgIpc) is 3.11. The Morgan fingerprint density at radius 3 is 2.41 bits per heavy atom. The van der Waals surface area contributed by atoms with E-state index in [1.165, 1.54) is 0 Å². The van der Waals surface area contributed by atoms with Gasteiger partial charge in [-0.05, 0) is 23.8 Å². The van der Waals surface area contributed by atoms with E-state index in [-0.39, 0.29) is 5.56 Å². The third kappa shape index (κ3) is 4.59. The lowest BCUT2D eigenvalue weighted by atomic mass is 10.0. The second-order valence-electron chi connectivity index (χ2n) is 8.12. The van der Waals surface area contributed by atoms with Crippen LogP contribution in [0.3, 0.4) is 0 Å². The number of hydrogen-bond donors (Lipinski definition) is 2. The Bertz CT molecular complexity index is 1140. The normalized spacial score (nSPS) is 16.5. The third-order valence-electron chi connectivity index (χ3n) is 6.04. The Morgan fingerprint density at radius 1 is 1.03 bits per heavy atom. The number of aromatic carboxylic acids is 1. The molecule has 1 aromatic heterocycles. The third-order valence-corrected chi connectivity index (χ3v) is 6.04. The van der Waals surface area contributed by atoms with Crippen molar-refractivity contribution in [3.63, 3.8) is 0 Å². The molecule has 1 fully saturated rings. The topological polar surface area (TPSA) is 86.0 Å². The smallest absolute Gasteiger partial charge is 0.335 e. The molecule has 4 rings (SSSR count). The first-order valence-electron chi connectivity index (χ1n) is 10.7. The van der Waals surface area contributed by atoms with Gasteiger partial charge in [0.05, 0.1) is 5.56 Å². The highest BCUT2D eigenvalue weighted by Gasteiger charge is 2.32. The monoisotopic (exact) mass is 433 g/mol. The van der Waals surface area contributed by atoms with Crippen LogP contribution in [0.2, 0.25) is 0 Å². The van der Waals surface area contributed by atoms with Crippen molar-refractivity contribution in [2.45, 2.75) is 6.04 Å². The highest BCUT2D eigenvalue weighted by atomic mass is 16.4. The molecule has 166 valence electrons. The Morgan fingerprint density at radius 2 is 1.75 bits per heavy atom. The maximum atomic E-state index is 12.3. The summed E-state index contributed by atoms with van der Waals surface area (Å²) < 4.78 is 1.86. The van der Waals surface area contributed by atoms with Gasteiger partial charge in [-0.1, -0.05) is 42.5 Å². The second kappa shape index (κ2) is 9.38. The molecule has 7 heteroatoms. The number of carboxylic acid groups (broad SMARTS) is 2. The lowest BCUT2D eigenvalue weighted by molar-refractivity contribution is -0.144. The summed E-state index contributed by atoms with van der Waals surface area (Å²) in [5.41, 5.74) is 2.77. The summed E-state index contributed by atoms with van der Waals surface area (Å²) in [6, 6.07) is 14.2. The van der Waals surface area contributed by atoms with Gasteiger partial charge in [0.2, 0.25) is 0 Å². The molecular weight excluding hydrogens is 406 g/mol. The number of piperazine rings is 1. The van der Waals surface area contributed by atoms with Crippen molar-refractivity contribution in [2.75, 3.05) is 32.7 Å². The zero-order valence-electron chi connectivity index (χ0n) is 18.0. The Hall–Kier alpha value is -3.42. The first-order valence-corrected chi connectivity index (χ1v) is 10.7. The molecule has 0 bridgehead atoms. The summed E-state index contributed by atoms with van der Waals surface area (Å²) >= 11 is 0. The fourth-order valence-electron chi connectivity index (χ4n) is 4.37. The van der Waals surface area contributed by atoms with Gasteiger partial charge in [-0.15, -0.1) is 0 Å². The Kier molecular flexibility index (Phi) is 6.39. The zero-order chi connectivity index (χ0) is 22.7. The summed E-state index contributed by atoms with van der Waals surface area (Å²) in [5.74, 6) is -1.94. The number of nitrogens with zero attached hydrogens (tertiary/aromatic N) is 3. The van der Waals surface area contributed by atoms with Crippen molar-refractivity contribution in [1.29, 1.82) is 0 Å². The van der Waals surface area contributed by atoms with Gasteiger partial charge in [0, 0.05) is 62.4 Å². The number of aromatic nitrogens is 1. The molecule has 1 atom stereocenters. The van der Waals surface area contributed by atoms with Crippen LogP contribution in [0.15, 0.2) is 60.8 Å². The Balaban J connectivity index is 1.49. The van der Waals surface area contributed by atoms with Crippen LogP contribution in [0.1, 0.15) is 27.5 Å². The fourth-order valence-corrected chi connectivity index (χ4v) is 4.37. The van der Waals surface area contributed by atoms with Crippen LogP contribution in [-0.2, 0) is 11.8 Å². The van der Waals surface area contributed by atoms with E-state index >= 15 is 0 Å². The molecule has 0 radical (unpaired) electrons. The number of carboxylic acids is 2. The highest BCUT2D eigenvalue weighted by molar-refractivity contribution is 5.96. The van der Waals surface area contributed by atoms with Gasteiger partial charge in [-0.3, -0.25) is 14.6 Å². The SMILES string of the molecule is Cn1cc(C(C(=O)O)N2CCN(C/C=C/c3ccccc3)CC2)c2cc(C(=O)O)ccc21. The van der Waals surface area contributed by atoms with Crippen LogP contribution in [0, 0.1) is 0 Å². The van der Waals surface area contributed by atoms with Crippen molar-refractivity contribution in [3.05, 3.63) is 77.5 Å². The summed E-state index contributed by atoms with van der Waals surface area (Å²) in [6.45, 7) is 3.62. The molecule has 0 saturated carbocycles. The van der Waals surface area contributed by atoms with E-state index < -0.39 is 18.0 Å². The average molecular weight is 434 g/mol. The van der Waals surface area contributed by atoms with Crippen LogP contribution in [0.25, 0.3) is 17.0 Å². The van der Waals surface area contributed by atoms with Gasteiger partial charge in [-0.2, -0.15) is 0 Å². The predicted octanol–water partition coefficient (Wildman–Crippen LogP) is 3.33. The van der Waals surface area contributed by atoms with Gasteiger partial charge >= 0.3 is 11.9 Å². The molecular formula is C25H27N3O4. The molecule has 3 aromatic rings. The summed E-state index contributed by atoms with van der Waals surface area (Å²) in [4.78, 5) is 28.0. The number of aryl methyl sites for hydroxylation is 1. The van der Waals surface area contributed by atoms with Crippen molar-refractivity contribution >= 4 is 28.9 Å². The lowest BCUT2D eigenvalue weighted by Crippen LogP contribution is -2.49. The molecule has 0 amide bonds. The van der Waals surface area contributed by atoms with Gasteiger partial charge < -0.3 is 14.8 Å². The molecule has 2 aromatic carbocycles. The molecule has 7 nitrogen and oxygen atoms in total.